The molecule has 9 heteroatoms. The zero-order chi connectivity index (χ0) is 15.6. The normalized spacial score (nSPS) is 12.1. The minimum absolute atomic E-state index is 0.208. The Kier molecular flexibility index (Phi) is 4.64. The molecule has 0 fully saturated rings. The van der Waals surface area contributed by atoms with Gasteiger partial charge in [-0.05, 0) is 30.2 Å². The number of carbonyl (C=O) groups excluding carboxylic acids is 1. The first kappa shape index (κ1) is 16.3. The molecule has 1 aromatic rings. The molecule has 1 rings (SSSR count). The Balaban J connectivity index is 3.06. The molecule has 0 spiro atoms. The van der Waals surface area contributed by atoms with Crippen molar-refractivity contribution in [2.45, 2.75) is 18.9 Å². The van der Waals surface area contributed by atoms with Gasteiger partial charge in [0, 0.05) is 0 Å². The first-order valence-corrected chi connectivity index (χ1v) is 6.64. The average Bonchev–Trinajstić information content (AvgIpc) is 2.25. The van der Waals surface area contributed by atoms with Gasteiger partial charge in [-0.3, -0.25) is 4.79 Å². The van der Waals surface area contributed by atoms with Crippen molar-refractivity contribution < 1.29 is 35.3 Å². The highest BCUT2D eigenvalue weighted by Gasteiger charge is 2.48. The van der Waals surface area contributed by atoms with E-state index in [2.05, 4.69) is 8.92 Å². The van der Waals surface area contributed by atoms with Gasteiger partial charge in [0.1, 0.15) is 5.75 Å². The summed E-state index contributed by atoms with van der Waals surface area (Å²) in [6.45, 7) is 1.52. The molecule has 112 valence electrons. The fourth-order valence-corrected chi connectivity index (χ4v) is 1.83. The predicted octanol–water partition coefficient (Wildman–Crippen LogP) is 1.94. The summed E-state index contributed by atoms with van der Waals surface area (Å²) in [4.78, 5) is 11.1. The van der Waals surface area contributed by atoms with Crippen LogP contribution in [0.2, 0.25) is 0 Å². The second-order valence-electron chi connectivity index (χ2n) is 3.89. The maximum absolute atomic E-state index is 12.2. The van der Waals surface area contributed by atoms with Crippen LogP contribution in [0.1, 0.15) is 11.1 Å². The van der Waals surface area contributed by atoms with Crippen molar-refractivity contribution in [1.82, 2.24) is 0 Å². The molecule has 0 aromatic heterocycles. The van der Waals surface area contributed by atoms with Crippen LogP contribution >= 0.6 is 0 Å². The van der Waals surface area contributed by atoms with Crippen LogP contribution in [0.3, 0.4) is 0 Å². The molecule has 5 nitrogen and oxygen atoms in total. The molecule has 0 amide bonds. The summed E-state index contributed by atoms with van der Waals surface area (Å²) in [6, 6.07) is 3.65. The number of benzene rings is 1. The van der Waals surface area contributed by atoms with Gasteiger partial charge in [0.15, 0.2) is 0 Å². The van der Waals surface area contributed by atoms with Crippen molar-refractivity contribution in [3.63, 3.8) is 0 Å². The zero-order valence-electron chi connectivity index (χ0n) is 10.5. The van der Waals surface area contributed by atoms with Crippen molar-refractivity contribution in [2.24, 2.45) is 0 Å². The second-order valence-corrected chi connectivity index (χ2v) is 5.43. The summed E-state index contributed by atoms with van der Waals surface area (Å²) >= 11 is 0. The summed E-state index contributed by atoms with van der Waals surface area (Å²) in [5.74, 6) is -1.12. The SMILES string of the molecule is COC(=O)Cc1cc(C)cc(OS(=O)(=O)C(F)(F)F)c1. The number of ether oxygens (including phenoxy) is 1. The van der Waals surface area contributed by atoms with Crippen LogP contribution in [0.4, 0.5) is 13.2 Å². The third kappa shape index (κ3) is 4.12. The van der Waals surface area contributed by atoms with E-state index in [1.54, 1.807) is 0 Å². The summed E-state index contributed by atoms with van der Waals surface area (Å²) in [7, 11) is -4.58. The topological polar surface area (TPSA) is 69.7 Å². The van der Waals surface area contributed by atoms with Crippen LogP contribution in [0.5, 0.6) is 5.75 Å². The van der Waals surface area contributed by atoms with Gasteiger partial charge in [0.05, 0.1) is 13.5 Å². The Morgan fingerprint density at radius 2 is 1.85 bits per heavy atom. The third-order valence-electron chi connectivity index (χ3n) is 2.18. The molecule has 0 saturated carbocycles. The van der Waals surface area contributed by atoms with E-state index < -0.39 is 27.3 Å². The predicted molar refractivity (Wildman–Crippen MR) is 62.5 cm³/mol. The highest BCUT2D eigenvalue weighted by Crippen LogP contribution is 2.28. The molecule has 0 aliphatic heterocycles. The molecule has 0 unspecified atom stereocenters. The largest absolute Gasteiger partial charge is 0.534 e. The van der Waals surface area contributed by atoms with Crippen LogP contribution < -0.4 is 4.18 Å². The number of halogens is 3. The van der Waals surface area contributed by atoms with Gasteiger partial charge >= 0.3 is 21.6 Å². The first-order chi connectivity index (χ1) is 9.05. The Morgan fingerprint density at radius 1 is 1.25 bits per heavy atom. The van der Waals surface area contributed by atoms with Crippen LogP contribution in [0, 0.1) is 6.92 Å². The number of aryl methyl sites for hydroxylation is 1. The van der Waals surface area contributed by atoms with E-state index >= 15 is 0 Å². The van der Waals surface area contributed by atoms with Crippen molar-refractivity contribution in [3.05, 3.63) is 29.3 Å². The molecule has 0 heterocycles. The molecule has 20 heavy (non-hydrogen) atoms. The molecular formula is C11H11F3O5S. The fourth-order valence-electron chi connectivity index (χ4n) is 1.39. The molecule has 0 radical (unpaired) electrons. The summed E-state index contributed by atoms with van der Waals surface area (Å²) in [5.41, 5.74) is -4.79. The van der Waals surface area contributed by atoms with Crippen LogP contribution in [0.25, 0.3) is 0 Å². The van der Waals surface area contributed by atoms with Crippen LogP contribution in [-0.2, 0) is 26.1 Å². The summed E-state index contributed by atoms with van der Waals surface area (Å²) < 4.78 is 66.8. The molecule has 0 atom stereocenters. The number of hydrogen-bond acceptors (Lipinski definition) is 5. The van der Waals surface area contributed by atoms with E-state index in [1.807, 2.05) is 0 Å². The quantitative estimate of drug-likeness (QED) is 0.483. The Morgan fingerprint density at radius 3 is 2.35 bits per heavy atom. The number of carbonyl (C=O) groups is 1. The molecule has 0 aliphatic carbocycles. The molecule has 0 N–H and O–H groups in total. The van der Waals surface area contributed by atoms with E-state index in [9.17, 15) is 26.4 Å². The smallest absolute Gasteiger partial charge is 0.469 e. The standard InChI is InChI=1S/C11H11F3O5S/c1-7-3-8(6-10(15)18-2)5-9(4-7)19-20(16,17)11(12,13)14/h3-5H,6H2,1-2H3. The third-order valence-corrected chi connectivity index (χ3v) is 3.16. The van der Waals surface area contributed by atoms with Gasteiger partial charge in [-0.2, -0.15) is 21.6 Å². The van der Waals surface area contributed by atoms with Gasteiger partial charge in [-0.1, -0.05) is 6.07 Å². The minimum Gasteiger partial charge on any atom is -0.469 e. The summed E-state index contributed by atoms with van der Waals surface area (Å²) in [5, 5.41) is 0. The first-order valence-electron chi connectivity index (χ1n) is 5.23. The van der Waals surface area contributed by atoms with Crippen molar-refractivity contribution in [3.8, 4) is 5.75 Å². The van der Waals surface area contributed by atoms with Gasteiger partial charge < -0.3 is 8.92 Å². The molecular weight excluding hydrogens is 301 g/mol. The number of esters is 1. The van der Waals surface area contributed by atoms with Crippen LogP contribution in [-0.4, -0.2) is 27.0 Å². The van der Waals surface area contributed by atoms with E-state index in [0.717, 1.165) is 19.2 Å². The van der Waals surface area contributed by atoms with E-state index in [0.29, 0.717) is 5.56 Å². The maximum Gasteiger partial charge on any atom is 0.534 e. The number of rotatable bonds is 4. The lowest BCUT2D eigenvalue weighted by atomic mass is 10.1. The highest BCUT2D eigenvalue weighted by atomic mass is 32.2. The Labute approximate surface area is 113 Å². The number of hydrogen-bond donors (Lipinski definition) is 0. The van der Waals surface area contributed by atoms with Gasteiger partial charge in [0.25, 0.3) is 0 Å². The lowest BCUT2D eigenvalue weighted by Gasteiger charge is -2.11. The fraction of sp³-hybridized carbons (Fsp3) is 0.364. The zero-order valence-corrected chi connectivity index (χ0v) is 11.3. The summed E-state index contributed by atoms with van der Waals surface area (Å²) in [6.07, 6.45) is -0.208. The second kappa shape index (κ2) is 5.70. The van der Waals surface area contributed by atoms with E-state index in [-0.39, 0.29) is 12.0 Å². The Bertz CT molecular complexity index is 607. The molecule has 1 aromatic carbocycles. The number of alkyl halides is 3. The molecule has 0 saturated heterocycles. The van der Waals surface area contributed by atoms with Gasteiger partial charge in [-0.15, -0.1) is 0 Å². The van der Waals surface area contributed by atoms with E-state index in [4.69, 9.17) is 0 Å². The lowest BCUT2D eigenvalue weighted by Crippen LogP contribution is -2.28. The monoisotopic (exact) mass is 312 g/mol. The molecule has 0 aliphatic rings. The maximum atomic E-state index is 12.2. The minimum atomic E-state index is -5.73. The van der Waals surface area contributed by atoms with E-state index in [1.165, 1.54) is 13.0 Å². The molecule has 0 bridgehead atoms. The highest BCUT2D eigenvalue weighted by molar-refractivity contribution is 7.88. The Hall–Kier alpha value is -1.77. The van der Waals surface area contributed by atoms with Crippen LogP contribution in [0.15, 0.2) is 18.2 Å². The van der Waals surface area contributed by atoms with Crippen molar-refractivity contribution in [2.75, 3.05) is 7.11 Å². The van der Waals surface area contributed by atoms with Crippen molar-refractivity contribution in [1.29, 1.82) is 0 Å². The number of methoxy groups -OCH3 is 1. The van der Waals surface area contributed by atoms with Gasteiger partial charge in [0.2, 0.25) is 0 Å². The van der Waals surface area contributed by atoms with Gasteiger partial charge in [-0.25, -0.2) is 0 Å². The van der Waals surface area contributed by atoms with Crippen molar-refractivity contribution >= 4 is 16.1 Å². The lowest BCUT2D eigenvalue weighted by molar-refractivity contribution is -0.139. The average molecular weight is 312 g/mol.